The second-order valence-electron chi connectivity index (χ2n) is 6.05. The van der Waals surface area contributed by atoms with Crippen LogP contribution >= 0.6 is 22.6 Å². The third-order valence-corrected chi connectivity index (χ3v) is 4.60. The Kier molecular flexibility index (Phi) is 7.07. The number of rotatable bonds is 7. The van der Waals surface area contributed by atoms with E-state index >= 15 is 0 Å². The summed E-state index contributed by atoms with van der Waals surface area (Å²) in [7, 11) is 1.60. The summed E-state index contributed by atoms with van der Waals surface area (Å²) < 4.78 is 11.3. The number of ether oxygens (including phenoxy) is 1. The van der Waals surface area contributed by atoms with E-state index in [9.17, 15) is 9.59 Å². The summed E-state index contributed by atoms with van der Waals surface area (Å²) >= 11 is 2.04. The van der Waals surface area contributed by atoms with Crippen molar-refractivity contribution in [3.8, 4) is 5.75 Å². The molecule has 0 aliphatic carbocycles. The maximum Gasteiger partial charge on any atom is 0.268 e. The van der Waals surface area contributed by atoms with Crippen LogP contribution in [0.1, 0.15) is 21.7 Å². The van der Waals surface area contributed by atoms with E-state index in [0.29, 0.717) is 21.6 Å². The number of hydrogen-bond acceptors (Lipinski definition) is 4. The van der Waals surface area contributed by atoms with Crippen molar-refractivity contribution in [2.45, 2.75) is 6.54 Å². The molecule has 0 fully saturated rings. The summed E-state index contributed by atoms with van der Waals surface area (Å²) in [5, 5.41) is 5.49. The third kappa shape index (κ3) is 5.95. The van der Waals surface area contributed by atoms with Crippen LogP contribution in [0.5, 0.6) is 5.75 Å². The van der Waals surface area contributed by atoms with Crippen LogP contribution in [0.15, 0.2) is 76.8 Å². The van der Waals surface area contributed by atoms with Crippen LogP contribution in [-0.2, 0) is 11.3 Å². The second-order valence-corrected chi connectivity index (χ2v) is 7.11. The van der Waals surface area contributed by atoms with E-state index in [1.165, 1.54) is 6.08 Å². The van der Waals surface area contributed by atoms with E-state index in [0.717, 1.165) is 11.3 Å². The van der Waals surface area contributed by atoms with E-state index in [2.05, 4.69) is 10.6 Å². The third-order valence-electron chi connectivity index (χ3n) is 4.02. The Morgan fingerprint density at radius 3 is 2.38 bits per heavy atom. The van der Waals surface area contributed by atoms with Gasteiger partial charge in [0.1, 0.15) is 17.2 Å². The minimum absolute atomic E-state index is 0.0955. The van der Waals surface area contributed by atoms with Crippen LogP contribution in [0, 0.1) is 3.77 Å². The number of benzene rings is 2. The molecule has 29 heavy (non-hydrogen) atoms. The van der Waals surface area contributed by atoms with Crippen LogP contribution in [-0.4, -0.2) is 18.9 Å². The summed E-state index contributed by atoms with van der Waals surface area (Å²) in [6.07, 6.45) is 1.51. The minimum Gasteiger partial charge on any atom is -0.497 e. The highest BCUT2D eigenvalue weighted by Crippen LogP contribution is 2.14. The normalized spacial score (nSPS) is 11.0. The Hall–Kier alpha value is -3.07. The lowest BCUT2D eigenvalue weighted by Gasteiger charge is -2.11. The standard InChI is InChI=1S/C22H19IN2O4/c1-28-17-9-7-15(8-10-17)14-24-22(27)19(13-18-11-12-20(23)29-18)25-21(26)16-5-3-2-4-6-16/h2-13H,14H2,1H3,(H,24,27)(H,25,26)/b19-13+. The van der Waals surface area contributed by atoms with Gasteiger partial charge in [0, 0.05) is 18.2 Å². The summed E-state index contributed by atoms with van der Waals surface area (Å²) in [6.45, 7) is 0.303. The van der Waals surface area contributed by atoms with E-state index in [-0.39, 0.29) is 11.6 Å². The van der Waals surface area contributed by atoms with Crippen molar-refractivity contribution in [3.63, 3.8) is 0 Å². The average Bonchev–Trinajstić information content (AvgIpc) is 3.17. The number of methoxy groups -OCH3 is 1. The highest BCUT2D eigenvalue weighted by atomic mass is 127. The molecule has 148 valence electrons. The fraction of sp³-hybridized carbons (Fsp3) is 0.0909. The van der Waals surface area contributed by atoms with Crippen molar-refractivity contribution in [2.24, 2.45) is 0 Å². The molecule has 1 heterocycles. The molecule has 2 amide bonds. The zero-order valence-corrected chi connectivity index (χ0v) is 17.8. The molecule has 6 nitrogen and oxygen atoms in total. The lowest BCUT2D eigenvalue weighted by Crippen LogP contribution is -2.34. The molecule has 3 rings (SSSR count). The maximum atomic E-state index is 12.8. The molecular formula is C22H19IN2O4. The lowest BCUT2D eigenvalue weighted by atomic mass is 10.2. The fourth-order valence-corrected chi connectivity index (χ4v) is 2.95. The van der Waals surface area contributed by atoms with Crippen molar-refractivity contribution in [1.82, 2.24) is 10.6 Å². The first-order valence-corrected chi connectivity index (χ1v) is 9.87. The second kappa shape index (κ2) is 9.92. The van der Waals surface area contributed by atoms with Gasteiger partial charge in [-0.25, -0.2) is 0 Å². The van der Waals surface area contributed by atoms with Crippen LogP contribution in [0.25, 0.3) is 6.08 Å². The molecule has 0 saturated carbocycles. The fourth-order valence-electron chi connectivity index (χ4n) is 2.51. The Bertz CT molecular complexity index is 1010. The van der Waals surface area contributed by atoms with E-state index in [1.807, 2.05) is 52.9 Å². The van der Waals surface area contributed by atoms with Crippen molar-refractivity contribution < 1.29 is 18.7 Å². The zero-order chi connectivity index (χ0) is 20.6. The van der Waals surface area contributed by atoms with Gasteiger partial charge >= 0.3 is 0 Å². The van der Waals surface area contributed by atoms with Crippen molar-refractivity contribution >= 4 is 40.5 Å². The molecule has 0 radical (unpaired) electrons. The molecule has 0 atom stereocenters. The maximum absolute atomic E-state index is 12.8. The molecule has 2 aromatic carbocycles. The molecule has 1 aromatic heterocycles. The van der Waals surface area contributed by atoms with Gasteiger partial charge < -0.3 is 19.8 Å². The zero-order valence-electron chi connectivity index (χ0n) is 15.6. The topological polar surface area (TPSA) is 80.6 Å². The smallest absolute Gasteiger partial charge is 0.268 e. The van der Waals surface area contributed by atoms with Gasteiger partial charge in [-0.05, 0) is 64.6 Å². The molecule has 0 aliphatic rings. The average molecular weight is 502 g/mol. The van der Waals surface area contributed by atoms with Gasteiger partial charge in [0.25, 0.3) is 11.8 Å². The van der Waals surface area contributed by atoms with E-state index in [4.69, 9.17) is 9.15 Å². The van der Waals surface area contributed by atoms with Crippen LogP contribution in [0.2, 0.25) is 0 Å². The number of furan rings is 1. The van der Waals surface area contributed by atoms with Gasteiger partial charge in [-0.1, -0.05) is 30.3 Å². The molecule has 2 N–H and O–H groups in total. The Morgan fingerprint density at radius 1 is 1.03 bits per heavy atom. The minimum atomic E-state index is -0.420. The van der Waals surface area contributed by atoms with Gasteiger partial charge in [-0.2, -0.15) is 0 Å². The van der Waals surface area contributed by atoms with Gasteiger partial charge in [-0.3, -0.25) is 9.59 Å². The van der Waals surface area contributed by atoms with E-state index < -0.39 is 5.91 Å². The largest absolute Gasteiger partial charge is 0.497 e. The lowest BCUT2D eigenvalue weighted by molar-refractivity contribution is -0.117. The first-order chi connectivity index (χ1) is 14.0. The summed E-state index contributed by atoms with van der Waals surface area (Å²) in [5.74, 6) is 0.412. The number of hydrogen-bond donors (Lipinski definition) is 2. The van der Waals surface area contributed by atoms with Gasteiger partial charge in [0.15, 0.2) is 3.77 Å². The first kappa shape index (κ1) is 20.7. The highest BCUT2D eigenvalue weighted by molar-refractivity contribution is 14.1. The Balaban J connectivity index is 1.75. The summed E-state index contributed by atoms with van der Waals surface area (Å²) in [4.78, 5) is 25.3. The molecule has 0 saturated heterocycles. The Labute approximate surface area is 182 Å². The van der Waals surface area contributed by atoms with E-state index in [1.54, 1.807) is 43.5 Å². The van der Waals surface area contributed by atoms with Gasteiger partial charge in [-0.15, -0.1) is 0 Å². The highest BCUT2D eigenvalue weighted by Gasteiger charge is 2.15. The quantitative estimate of drug-likeness (QED) is 0.379. The summed E-state index contributed by atoms with van der Waals surface area (Å²) in [6, 6.07) is 19.6. The first-order valence-electron chi connectivity index (χ1n) is 8.80. The molecule has 0 unspecified atom stereocenters. The molecule has 0 bridgehead atoms. The van der Waals surface area contributed by atoms with Gasteiger partial charge in [0.05, 0.1) is 7.11 Å². The monoisotopic (exact) mass is 502 g/mol. The predicted molar refractivity (Wildman–Crippen MR) is 118 cm³/mol. The Morgan fingerprint density at radius 2 is 1.76 bits per heavy atom. The number of amides is 2. The molecule has 7 heteroatoms. The van der Waals surface area contributed by atoms with Crippen LogP contribution in [0.3, 0.4) is 0 Å². The molecule has 3 aromatic rings. The van der Waals surface area contributed by atoms with Crippen LogP contribution in [0.4, 0.5) is 0 Å². The molecule has 0 aliphatic heterocycles. The predicted octanol–water partition coefficient (Wildman–Crippen LogP) is 3.98. The van der Waals surface area contributed by atoms with Gasteiger partial charge in [0.2, 0.25) is 0 Å². The number of nitrogens with one attached hydrogen (secondary N) is 2. The molecular weight excluding hydrogens is 483 g/mol. The molecule has 0 spiro atoms. The number of carbonyl (C=O) groups excluding carboxylic acids is 2. The summed E-state index contributed by atoms with van der Waals surface area (Å²) in [5.41, 5.74) is 1.45. The number of halogens is 1. The van der Waals surface area contributed by atoms with Crippen LogP contribution < -0.4 is 15.4 Å². The van der Waals surface area contributed by atoms with Crippen molar-refractivity contribution in [3.05, 3.63) is 93.1 Å². The number of carbonyl (C=O) groups is 2. The SMILES string of the molecule is COc1ccc(CNC(=O)/C(=C\c2ccc(I)o2)NC(=O)c2ccccc2)cc1. The van der Waals surface area contributed by atoms with Crippen molar-refractivity contribution in [2.75, 3.05) is 7.11 Å². The van der Waals surface area contributed by atoms with Crippen molar-refractivity contribution in [1.29, 1.82) is 0 Å².